The van der Waals surface area contributed by atoms with Crippen LogP contribution >= 0.6 is 11.3 Å². The predicted molar refractivity (Wildman–Crippen MR) is 289 cm³/mol. The lowest BCUT2D eigenvalue weighted by atomic mass is 9.85. The minimum Gasteiger partial charge on any atom is -0.488 e. The van der Waals surface area contributed by atoms with Gasteiger partial charge in [0.15, 0.2) is 11.6 Å². The minimum atomic E-state index is -1.06. The van der Waals surface area contributed by atoms with Crippen molar-refractivity contribution in [2.45, 2.75) is 168 Å². The van der Waals surface area contributed by atoms with Gasteiger partial charge < -0.3 is 46.5 Å². The standard InChI is InChI=1S/C57H73FN8O10S/c1-31-24-37(13-11-15-46(69)64-50(56(4,5)6)54(73)65-28-40(67)27-42(65)51(70)61-32(2)34-16-18-36(19-17-34)49-33(3)60-30-77-49)47(58)44(25-31)75-29-39(21-23-45(59)68)62-52(71)43-26-38-14-10-12-35-20-22-41(53(72)66(43)48(35)38)63-55(74)76-57(7,8)9/h10,12,14,16-19,24-25,30,32,39-43,50,67H,11,13,15,20-23,26-29H2,1-9H3,(H2,59,68)(H,61,70)(H,62,71)(H,63,74)(H,64,69)/t32-,39-,40+,41-,42-,43-,50+/m0/s1. The number of benzene rings is 3. The van der Waals surface area contributed by atoms with E-state index in [2.05, 4.69) is 26.3 Å². The van der Waals surface area contributed by atoms with Gasteiger partial charge >= 0.3 is 6.09 Å². The van der Waals surface area contributed by atoms with E-state index in [1.54, 1.807) is 71.4 Å². The second-order valence-corrected chi connectivity index (χ2v) is 23.4. The number of para-hydroxylation sites is 1. The van der Waals surface area contributed by atoms with Gasteiger partial charge in [0, 0.05) is 32.2 Å². The Labute approximate surface area is 453 Å². The molecule has 7 rings (SSSR count). The summed E-state index contributed by atoms with van der Waals surface area (Å²) in [5, 5.41) is 22.3. The first kappa shape index (κ1) is 57.8. The molecule has 4 heterocycles. The average molecular weight is 1080 g/mol. The fourth-order valence-electron chi connectivity index (χ4n) is 10.2. The first-order valence-electron chi connectivity index (χ1n) is 26.3. The highest BCUT2D eigenvalue weighted by atomic mass is 32.1. The Balaban J connectivity index is 0.959. The Hall–Kier alpha value is -6.93. The van der Waals surface area contributed by atoms with Crippen molar-refractivity contribution in [2.75, 3.05) is 18.1 Å². The topological polar surface area (TPSA) is 252 Å². The second-order valence-electron chi connectivity index (χ2n) is 22.6. The third kappa shape index (κ3) is 14.4. The maximum atomic E-state index is 16.3. The van der Waals surface area contributed by atoms with Gasteiger partial charge in [-0.15, -0.1) is 11.3 Å². The van der Waals surface area contributed by atoms with Crippen LogP contribution in [-0.4, -0.2) is 112 Å². The molecule has 18 nitrogen and oxygen atoms in total. The molecule has 7 N–H and O–H groups in total. The molecule has 0 saturated carbocycles. The van der Waals surface area contributed by atoms with Crippen molar-refractivity contribution >= 4 is 58.6 Å². The number of nitrogens with one attached hydrogen (secondary N) is 4. The number of aliphatic hydroxyl groups excluding tert-OH is 1. The first-order chi connectivity index (χ1) is 36.3. The van der Waals surface area contributed by atoms with Gasteiger partial charge in [-0.1, -0.05) is 69.3 Å². The van der Waals surface area contributed by atoms with Crippen molar-refractivity contribution in [3.8, 4) is 16.2 Å². The molecule has 0 bridgehead atoms. The summed E-state index contributed by atoms with van der Waals surface area (Å²) in [6, 6.07) is 11.3. The molecule has 0 spiro atoms. The molecule has 0 aliphatic carbocycles. The summed E-state index contributed by atoms with van der Waals surface area (Å²) < 4.78 is 27.8. The van der Waals surface area contributed by atoms with E-state index in [0.29, 0.717) is 17.7 Å². The number of β-amino-alcohol motifs (C(OH)–C–C–N with tert-alkyl or cyclic N) is 1. The van der Waals surface area contributed by atoms with E-state index in [1.807, 2.05) is 56.3 Å². The number of primary amides is 1. The second kappa shape index (κ2) is 24.2. The number of carbonyl (C=O) groups excluding carboxylic acids is 7. The van der Waals surface area contributed by atoms with E-state index >= 15 is 4.39 Å². The van der Waals surface area contributed by atoms with Gasteiger partial charge in [0.2, 0.25) is 35.4 Å². The van der Waals surface area contributed by atoms with Crippen LogP contribution in [0.2, 0.25) is 0 Å². The van der Waals surface area contributed by atoms with Crippen LogP contribution in [0.3, 0.4) is 0 Å². The molecule has 77 heavy (non-hydrogen) atoms. The SMILES string of the molecule is Cc1cc(CCCC(=O)N[C@H](C(=O)N2C[C@H](O)C[C@H]2C(=O)N[C@@H](C)c2ccc(-c3scnc3C)cc2)C(C)(C)C)c(F)c(OC[C@H](CCC(N)=O)NC(=O)[C@@H]2Cc3cccc4c3N2C(=O)[C@@H](NC(=O)OC(C)(C)C)CC4)c1. The molecule has 7 atom stereocenters. The number of aryl methyl sites for hydroxylation is 4. The molecule has 3 aliphatic heterocycles. The van der Waals surface area contributed by atoms with Crippen molar-refractivity contribution in [3.63, 3.8) is 0 Å². The number of nitrogens with two attached hydrogens (primary N) is 1. The van der Waals surface area contributed by atoms with Crippen LogP contribution in [0.15, 0.2) is 60.1 Å². The van der Waals surface area contributed by atoms with Gasteiger partial charge in [0.05, 0.1) is 40.0 Å². The van der Waals surface area contributed by atoms with E-state index in [9.17, 15) is 38.7 Å². The molecule has 414 valence electrons. The molecule has 7 amide bonds. The lowest BCUT2D eigenvalue weighted by Gasteiger charge is -2.35. The van der Waals surface area contributed by atoms with Crippen LogP contribution < -0.4 is 36.6 Å². The molecule has 4 aromatic rings. The summed E-state index contributed by atoms with van der Waals surface area (Å²) in [6.07, 6.45) is -0.564. The molecule has 1 aromatic heterocycles. The van der Waals surface area contributed by atoms with Crippen molar-refractivity contribution in [1.82, 2.24) is 31.2 Å². The number of hydrogen-bond donors (Lipinski definition) is 6. The highest BCUT2D eigenvalue weighted by molar-refractivity contribution is 7.13. The number of hydrogen-bond acceptors (Lipinski definition) is 12. The zero-order chi connectivity index (χ0) is 56.1. The number of nitrogens with zero attached hydrogens (tertiary/aromatic N) is 3. The van der Waals surface area contributed by atoms with E-state index in [1.165, 1.54) is 15.9 Å². The van der Waals surface area contributed by atoms with Crippen LogP contribution in [0.4, 0.5) is 14.9 Å². The van der Waals surface area contributed by atoms with Gasteiger partial charge in [-0.05, 0) is 119 Å². The van der Waals surface area contributed by atoms with Crippen LogP contribution in [0.25, 0.3) is 10.4 Å². The normalized spacial score (nSPS) is 19.3. The molecule has 20 heteroatoms. The molecule has 0 unspecified atom stereocenters. The lowest BCUT2D eigenvalue weighted by molar-refractivity contribution is -0.144. The minimum absolute atomic E-state index is 0.0325. The number of carbonyl (C=O) groups is 7. The third-order valence-corrected chi connectivity index (χ3v) is 15.1. The molecule has 1 saturated heterocycles. The van der Waals surface area contributed by atoms with Gasteiger partial charge in [-0.25, -0.2) is 14.2 Å². The van der Waals surface area contributed by atoms with Gasteiger partial charge in [-0.3, -0.25) is 33.7 Å². The Morgan fingerprint density at radius 3 is 2.30 bits per heavy atom. The number of halogens is 1. The number of aromatic nitrogens is 1. The number of aliphatic hydroxyl groups is 1. The Morgan fingerprint density at radius 1 is 0.935 bits per heavy atom. The Bertz CT molecular complexity index is 2860. The molecule has 1 fully saturated rings. The highest BCUT2D eigenvalue weighted by Gasteiger charge is 2.46. The summed E-state index contributed by atoms with van der Waals surface area (Å²) in [5.74, 6) is -3.80. The third-order valence-electron chi connectivity index (χ3n) is 14.1. The highest BCUT2D eigenvalue weighted by Crippen LogP contribution is 2.39. The number of thiazole rings is 1. The summed E-state index contributed by atoms with van der Waals surface area (Å²) in [7, 11) is 0. The van der Waals surface area contributed by atoms with Gasteiger partial charge in [-0.2, -0.15) is 0 Å². The zero-order valence-electron chi connectivity index (χ0n) is 45.4. The Kier molecular flexibility index (Phi) is 18.1. The maximum absolute atomic E-state index is 16.3. The van der Waals surface area contributed by atoms with Crippen molar-refractivity contribution in [2.24, 2.45) is 11.1 Å². The van der Waals surface area contributed by atoms with E-state index in [0.717, 1.165) is 32.8 Å². The van der Waals surface area contributed by atoms with E-state index in [-0.39, 0.29) is 75.8 Å². The average Bonchev–Trinajstić information content (AvgIpc) is 4.08. The number of amides is 7. The van der Waals surface area contributed by atoms with E-state index in [4.69, 9.17) is 15.2 Å². The summed E-state index contributed by atoms with van der Waals surface area (Å²) >= 11 is 1.55. The number of anilines is 1. The fourth-order valence-corrected chi connectivity index (χ4v) is 11.0. The van der Waals surface area contributed by atoms with Gasteiger partial charge in [0.1, 0.15) is 36.4 Å². The molecular formula is C57H73FN8O10S. The van der Waals surface area contributed by atoms with Crippen molar-refractivity contribution in [3.05, 3.63) is 99.4 Å². The Morgan fingerprint density at radius 2 is 1.64 bits per heavy atom. The van der Waals surface area contributed by atoms with E-state index < -0.39 is 101 Å². The zero-order valence-corrected chi connectivity index (χ0v) is 46.2. The lowest BCUT2D eigenvalue weighted by Crippen LogP contribution is -2.57. The number of likely N-dealkylation sites (tertiary alicyclic amines) is 1. The summed E-state index contributed by atoms with van der Waals surface area (Å²) in [6.45, 7) is 15.8. The number of alkyl carbamates (subject to hydrolysis) is 1. The van der Waals surface area contributed by atoms with Crippen molar-refractivity contribution in [1.29, 1.82) is 0 Å². The largest absolute Gasteiger partial charge is 0.488 e. The fraction of sp³-hybridized carbons (Fsp3) is 0.509. The molecule has 3 aliphatic rings. The monoisotopic (exact) mass is 1080 g/mol. The van der Waals surface area contributed by atoms with Crippen LogP contribution in [0.5, 0.6) is 5.75 Å². The smallest absolute Gasteiger partial charge is 0.408 e. The van der Waals surface area contributed by atoms with Gasteiger partial charge in [0.25, 0.3) is 0 Å². The maximum Gasteiger partial charge on any atom is 0.408 e. The summed E-state index contributed by atoms with van der Waals surface area (Å²) in [4.78, 5) is 103. The number of ether oxygens (including phenoxy) is 2. The first-order valence-corrected chi connectivity index (χ1v) is 27.2. The quantitative estimate of drug-likeness (QED) is 0.0618. The predicted octanol–water partition coefficient (Wildman–Crippen LogP) is 6.19. The molecule has 3 aromatic carbocycles. The molecular weight excluding hydrogens is 1010 g/mol. The van der Waals surface area contributed by atoms with Crippen LogP contribution in [0.1, 0.15) is 127 Å². The van der Waals surface area contributed by atoms with Crippen LogP contribution in [0, 0.1) is 25.1 Å². The van der Waals surface area contributed by atoms with Crippen molar-refractivity contribution < 1.29 is 52.5 Å². The molecule has 0 radical (unpaired) electrons. The number of rotatable bonds is 19. The van der Waals surface area contributed by atoms with Crippen LogP contribution in [-0.2, 0) is 52.8 Å². The summed E-state index contributed by atoms with van der Waals surface area (Å²) in [5.41, 5.74) is 11.7.